The molecule has 0 aliphatic heterocycles. The topological polar surface area (TPSA) is 64.3 Å². The summed E-state index contributed by atoms with van der Waals surface area (Å²) >= 11 is 13.4. The number of rotatable bonds is 6. The number of benzene rings is 1. The van der Waals surface area contributed by atoms with Gasteiger partial charge < -0.3 is 9.84 Å². The minimum absolute atomic E-state index is 0.234. The van der Waals surface area contributed by atoms with E-state index in [1.165, 1.54) is 11.8 Å². The van der Waals surface area contributed by atoms with E-state index in [0.717, 1.165) is 5.56 Å². The van der Waals surface area contributed by atoms with Gasteiger partial charge in [-0.25, -0.2) is 9.78 Å². The maximum atomic E-state index is 10.8. The number of carboxylic acids is 1. The molecule has 0 bridgehead atoms. The first-order chi connectivity index (χ1) is 10.0. The average molecular weight is 347 g/mol. The molecule has 112 valence electrons. The Labute approximate surface area is 135 Å². The van der Waals surface area contributed by atoms with E-state index in [1.807, 2.05) is 0 Å². The number of halogens is 2. The Kier molecular flexibility index (Phi) is 5.52. The Balaban J connectivity index is 2.09. The molecule has 0 saturated carbocycles. The predicted molar refractivity (Wildman–Crippen MR) is 82.2 cm³/mol. The van der Waals surface area contributed by atoms with Crippen LogP contribution in [0.2, 0.25) is 10.3 Å². The van der Waals surface area contributed by atoms with Gasteiger partial charge >= 0.3 is 5.97 Å². The first-order valence-corrected chi connectivity index (χ1v) is 7.62. The smallest absolute Gasteiger partial charge is 0.335 e. The highest BCUT2D eigenvalue weighted by atomic mass is 35.5. The van der Waals surface area contributed by atoms with E-state index in [1.54, 1.807) is 35.9 Å². The summed E-state index contributed by atoms with van der Waals surface area (Å²) in [4.78, 5) is 15.0. The maximum absolute atomic E-state index is 10.8. The normalized spacial score (nSPS) is 10.8. The summed E-state index contributed by atoms with van der Waals surface area (Å²) in [5.74, 6) is -0.323. The number of hydrogen-bond acceptors (Lipinski definition) is 4. The van der Waals surface area contributed by atoms with Crippen LogP contribution in [0.3, 0.4) is 0 Å². The van der Waals surface area contributed by atoms with Crippen LogP contribution >= 0.6 is 35.0 Å². The van der Waals surface area contributed by atoms with Gasteiger partial charge in [-0.1, -0.05) is 47.1 Å². The molecule has 0 radical (unpaired) electrons. The molecule has 1 N–H and O–H groups in total. The molecule has 0 amide bonds. The molecule has 8 heteroatoms. The van der Waals surface area contributed by atoms with Crippen molar-refractivity contribution in [3.8, 4) is 0 Å². The molecule has 21 heavy (non-hydrogen) atoms. The van der Waals surface area contributed by atoms with E-state index in [9.17, 15) is 4.79 Å². The second-order valence-corrected chi connectivity index (χ2v) is 5.77. The van der Waals surface area contributed by atoms with E-state index in [0.29, 0.717) is 16.1 Å². The summed E-state index contributed by atoms with van der Waals surface area (Å²) in [6.07, 6.45) is 0. The Morgan fingerprint density at radius 1 is 1.38 bits per heavy atom. The van der Waals surface area contributed by atoms with Crippen LogP contribution in [-0.2, 0) is 17.2 Å². The summed E-state index contributed by atoms with van der Waals surface area (Å²) < 4.78 is 6.72. The molecule has 2 aromatic rings. The van der Waals surface area contributed by atoms with Gasteiger partial charge in [0.25, 0.3) is 0 Å². The molecule has 0 saturated heterocycles. The van der Waals surface area contributed by atoms with Crippen LogP contribution in [0.1, 0.15) is 15.9 Å². The number of carboxylic acid groups (broad SMARTS) is 1. The lowest BCUT2D eigenvalue weighted by atomic mass is 10.1. The fourth-order valence-corrected chi connectivity index (χ4v) is 3.03. The van der Waals surface area contributed by atoms with Crippen molar-refractivity contribution in [2.45, 2.75) is 17.6 Å². The molecule has 0 aliphatic rings. The molecule has 0 unspecified atom stereocenters. The highest BCUT2D eigenvalue weighted by molar-refractivity contribution is 7.98. The third-order valence-corrected chi connectivity index (χ3v) is 4.45. The fraction of sp³-hybridized carbons (Fsp3) is 0.231. The minimum atomic E-state index is -0.941. The van der Waals surface area contributed by atoms with Crippen molar-refractivity contribution in [3.63, 3.8) is 0 Å². The predicted octanol–water partition coefficient (Wildman–Crippen LogP) is 3.78. The van der Waals surface area contributed by atoms with Crippen molar-refractivity contribution in [2.75, 3.05) is 7.11 Å². The molecular weight excluding hydrogens is 335 g/mol. The number of ether oxygens (including phenoxy) is 1. The largest absolute Gasteiger partial charge is 0.478 e. The van der Waals surface area contributed by atoms with Crippen molar-refractivity contribution in [1.82, 2.24) is 9.55 Å². The molecule has 1 aromatic heterocycles. The Morgan fingerprint density at radius 3 is 2.62 bits per heavy atom. The zero-order valence-corrected chi connectivity index (χ0v) is 13.4. The number of imidazole rings is 1. The van der Waals surface area contributed by atoms with Gasteiger partial charge in [-0.3, -0.25) is 4.57 Å². The quantitative estimate of drug-likeness (QED) is 0.806. The molecule has 1 aromatic carbocycles. The number of methoxy groups -OCH3 is 1. The standard InChI is InChI=1S/C13H12Cl2N2O3S/c1-20-7-17-11(15)10(14)16-13(17)21-6-8-2-4-9(5-3-8)12(18)19/h2-5H,6-7H2,1H3,(H,18,19). The van der Waals surface area contributed by atoms with Gasteiger partial charge in [0.15, 0.2) is 15.5 Å². The van der Waals surface area contributed by atoms with E-state index in [4.69, 9.17) is 33.0 Å². The van der Waals surface area contributed by atoms with Crippen molar-refractivity contribution in [2.24, 2.45) is 0 Å². The molecular formula is C13H12Cl2N2O3S. The van der Waals surface area contributed by atoms with Gasteiger partial charge in [-0.15, -0.1) is 0 Å². The van der Waals surface area contributed by atoms with Crippen LogP contribution < -0.4 is 0 Å². The first-order valence-electron chi connectivity index (χ1n) is 5.88. The molecule has 0 spiro atoms. The van der Waals surface area contributed by atoms with Gasteiger partial charge in [-0.2, -0.15) is 0 Å². The summed E-state index contributed by atoms with van der Waals surface area (Å²) in [7, 11) is 1.56. The summed E-state index contributed by atoms with van der Waals surface area (Å²) in [6, 6.07) is 6.67. The second-order valence-electron chi connectivity index (χ2n) is 4.11. The Bertz CT molecular complexity index is 644. The van der Waals surface area contributed by atoms with Crippen molar-refractivity contribution >= 4 is 40.9 Å². The van der Waals surface area contributed by atoms with Crippen LogP contribution in [0.25, 0.3) is 0 Å². The molecule has 5 nitrogen and oxygen atoms in total. The molecule has 0 aliphatic carbocycles. The van der Waals surface area contributed by atoms with Crippen molar-refractivity contribution < 1.29 is 14.6 Å². The monoisotopic (exact) mass is 346 g/mol. The number of thioether (sulfide) groups is 1. The minimum Gasteiger partial charge on any atom is -0.478 e. The summed E-state index contributed by atoms with van der Waals surface area (Å²) in [5, 5.41) is 10.1. The SMILES string of the molecule is COCn1c(SCc2ccc(C(=O)O)cc2)nc(Cl)c1Cl. The zero-order valence-electron chi connectivity index (χ0n) is 11.0. The maximum Gasteiger partial charge on any atom is 0.335 e. The van der Waals surface area contributed by atoms with Gasteiger partial charge in [0.05, 0.1) is 5.56 Å². The summed E-state index contributed by atoms with van der Waals surface area (Å²) in [6.45, 7) is 0.263. The van der Waals surface area contributed by atoms with Gasteiger partial charge in [0.2, 0.25) is 0 Å². The van der Waals surface area contributed by atoms with Crippen LogP contribution in [0.15, 0.2) is 29.4 Å². The number of carbonyl (C=O) groups is 1. The van der Waals surface area contributed by atoms with E-state index in [2.05, 4.69) is 4.98 Å². The van der Waals surface area contributed by atoms with Gasteiger partial charge in [-0.05, 0) is 17.7 Å². The number of aromatic carboxylic acids is 1. The molecule has 0 atom stereocenters. The van der Waals surface area contributed by atoms with Crippen LogP contribution in [0, 0.1) is 0 Å². The third-order valence-electron chi connectivity index (χ3n) is 2.66. The zero-order chi connectivity index (χ0) is 15.4. The second kappa shape index (κ2) is 7.17. The van der Waals surface area contributed by atoms with E-state index in [-0.39, 0.29) is 17.4 Å². The fourth-order valence-electron chi connectivity index (χ4n) is 1.63. The van der Waals surface area contributed by atoms with Crippen LogP contribution in [0.5, 0.6) is 0 Å². The molecule has 2 rings (SSSR count). The lowest BCUT2D eigenvalue weighted by molar-refractivity contribution is 0.0697. The first kappa shape index (κ1) is 16.2. The summed E-state index contributed by atoms with van der Waals surface area (Å²) in [5.41, 5.74) is 1.24. The third kappa shape index (κ3) is 3.91. The molecule has 1 heterocycles. The highest BCUT2D eigenvalue weighted by Gasteiger charge is 2.14. The highest BCUT2D eigenvalue weighted by Crippen LogP contribution is 2.30. The number of nitrogens with zero attached hydrogens (tertiary/aromatic N) is 2. The van der Waals surface area contributed by atoms with Crippen molar-refractivity contribution in [3.05, 3.63) is 45.7 Å². The van der Waals surface area contributed by atoms with Crippen LogP contribution in [0.4, 0.5) is 0 Å². The van der Waals surface area contributed by atoms with E-state index >= 15 is 0 Å². The number of aromatic nitrogens is 2. The average Bonchev–Trinajstić information content (AvgIpc) is 2.74. The Hall–Kier alpha value is -1.21. The van der Waals surface area contributed by atoms with Crippen LogP contribution in [-0.4, -0.2) is 27.7 Å². The number of hydrogen-bond donors (Lipinski definition) is 1. The Morgan fingerprint density at radius 2 is 2.05 bits per heavy atom. The lowest BCUT2D eigenvalue weighted by Crippen LogP contribution is -2.02. The van der Waals surface area contributed by atoms with Crippen molar-refractivity contribution in [1.29, 1.82) is 0 Å². The van der Waals surface area contributed by atoms with Gasteiger partial charge in [0, 0.05) is 12.9 Å². The lowest BCUT2D eigenvalue weighted by Gasteiger charge is -2.07. The van der Waals surface area contributed by atoms with E-state index < -0.39 is 5.97 Å². The van der Waals surface area contributed by atoms with Gasteiger partial charge in [0.1, 0.15) is 6.73 Å². The molecule has 0 fully saturated rings.